The first-order chi connectivity index (χ1) is 14.9. The van der Waals surface area contributed by atoms with Crippen LogP contribution < -0.4 is 5.32 Å². The fourth-order valence-electron chi connectivity index (χ4n) is 3.03. The van der Waals surface area contributed by atoms with Crippen molar-refractivity contribution in [3.63, 3.8) is 0 Å². The van der Waals surface area contributed by atoms with Crippen molar-refractivity contribution in [2.45, 2.75) is 13.5 Å². The highest BCUT2D eigenvalue weighted by Gasteiger charge is 2.20. The summed E-state index contributed by atoms with van der Waals surface area (Å²) in [7, 11) is 0. The molecule has 0 fully saturated rings. The molecule has 0 bridgehead atoms. The fourth-order valence-corrected chi connectivity index (χ4v) is 3.15. The van der Waals surface area contributed by atoms with Crippen molar-refractivity contribution >= 4 is 29.0 Å². The molecule has 0 radical (unpaired) electrons. The zero-order valence-corrected chi connectivity index (χ0v) is 17.0. The molecule has 0 spiro atoms. The van der Waals surface area contributed by atoms with Crippen LogP contribution in [0.5, 0.6) is 0 Å². The first kappa shape index (κ1) is 20.2. The third-order valence-electron chi connectivity index (χ3n) is 4.60. The van der Waals surface area contributed by atoms with E-state index in [1.807, 2.05) is 12.1 Å². The first-order valence-corrected chi connectivity index (χ1v) is 9.55. The third-order valence-corrected chi connectivity index (χ3v) is 4.85. The number of hydrogen-bond acceptors (Lipinski definition) is 6. The Morgan fingerprint density at radius 3 is 2.71 bits per heavy atom. The maximum atomic E-state index is 12.8. The molecule has 4 rings (SSSR count). The molecule has 0 aliphatic carbocycles. The molecule has 0 saturated heterocycles. The van der Waals surface area contributed by atoms with E-state index in [0.29, 0.717) is 28.8 Å². The van der Waals surface area contributed by atoms with Crippen LogP contribution in [-0.4, -0.2) is 35.6 Å². The Kier molecular flexibility index (Phi) is 5.46. The van der Waals surface area contributed by atoms with E-state index in [4.69, 9.17) is 11.6 Å². The molecule has 0 aliphatic heterocycles. The second-order valence-electron chi connectivity index (χ2n) is 6.67. The topological polar surface area (TPSA) is 121 Å². The second-order valence-corrected chi connectivity index (χ2v) is 7.10. The normalized spacial score (nSPS) is 10.8. The lowest BCUT2D eigenvalue weighted by Gasteiger charge is -2.09. The van der Waals surface area contributed by atoms with E-state index in [-0.39, 0.29) is 11.4 Å². The van der Waals surface area contributed by atoms with Crippen molar-refractivity contribution in [3.8, 4) is 5.69 Å². The van der Waals surface area contributed by atoms with Gasteiger partial charge in [-0.05, 0) is 30.7 Å². The molecule has 1 amide bonds. The number of nitro benzene ring substituents is 1. The predicted octanol–water partition coefficient (Wildman–Crippen LogP) is 3.63. The van der Waals surface area contributed by atoms with Crippen LogP contribution in [-0.2, 0) is 6.54 Å². The van der Waals surface area contributed by atoms with Gasteiger partial charge in [0.25, 0.3) is 11.6 Å². The number of nitro groups is 1. The lowest BCUT2D eigenvalue weighted by molar-refractivity contribution is -0.384. The van der Waals surface area contributed by atoms with Gasteiger partial charge in [-0.2, -0.15) is 5.10 Å². The number of rotatable bonds is 6. The smallest absolute Gasteiger partial charge is 0.279 e. The molecule has 0 saturated carbocycles. The van der Waals surface area contributed by atoms with Gasteiger partial charge in [0.2, 0.25) is 0 Å². The molecule has 31 heavy (non-hydrogen) atoms. The van der Waals surface area contributed by atoms with Crippen LogP contribution in [0.25, 0.3) is 5.69 Å². The highest BCUT2D eigenvalue weighted by Crippen LogP contribution is 2.19. The van der Waals surface area contributed by atoms with E-state index in [1.165, 1.54) is 16.8 Å². The van der Waals surface area contributed by atoms with Crippen LogP contribution in [0, 0.1) is 17.0 Å². The number of benzene rings is 2. The minimum atomic E-state index is -0.495. The largest absolute Gasteiger partial charge is 0.305 e. The molecule has 2 aromatic carbocycles. The van der Waals surface area contributed by atoms with Crippen molar-refractivity contribution in [3.05, 3.63) is 92.9 Å². The van der Waals surface area contributed by atoms with Crippen LogP contribution in [0.15, 0.2) is 60.8 Å². The zero-order chi connectivity index (χ0) is 22.0. The summed E-state index contributed by atoms with van der Waals surface area (Å²) in [6.45, 7) is 2.11. The van der Waals surface area contributed by atoms with Crippen molar-refractivity contribution in [1.82, 2.24) is 24.8 Å². The lowest BCUT2D eigenvalue weighted by atomic mass is 10.2. The molecule has 2 aromatic heterocycles. The van der Waals surface area contributed by atoms with Gasteiger partial charge in [0.15, 0.2) is 5.69 Å². The van der Waals surface area contributed by atoms with Crippen LogP contribution in [0.3, 0.4) is 0 Å². The van der Waals surface area contributed by atoms with Crippen molar-refractivity contribution in [1.29, 1.82) is 0 Å². The van der Waals surface area contributed by atoms with Crippen molar-refractivity contribution < 1.29 is 9.72 Å². The van der Waals surface area contributed by atoms with Gasteiger partial charge < -0.3 is 5.32 Å². The predicted molar refractivity (Wildman–Crippen MR) is 113 cm³/mol. The molecule has 0 unspecified atom stereocenters. The Balaban J connectivity index is 1.54. The van der Waals surface area contributed by atoms with Crippen LogP contribution in [0.4, 0.5) is 11.5 Å². The van der Waals surface area contributed by atoms with Gasteiger partial charge in [-0.25, -0.2) is 9.36 Å². The van der Waals surface area contributed by atoms with Gasteiger partial charge in [0, 0.05) is 23.2 Å². The quantitative estimate of drug-likeness (QED) is 0.363. The molecule has 0 atom stereocenters. The molecule has 10 nitrogen and oxygen atoms in total. The summed E-state index contributed by atoms with van der Waals surface area (Å²) in [5, 5.41) is 26.6. The Labute approximate surface area is 181 Å². The summed E-state index contributed by atoms with van der Waals surface area (Å²) < 4.78 is 3.02. The number of carbonyl (C=O) groups excluding carboxylic acids is 1. The van der Waals surface area contributed by atoms with Gasteiger partial charge in [-0.3, -0.25) is 14.9 Å². The summed E-state index contributed by atoms with van der Waals surface area (Å²) in [6, 6.07) is 14.9. The molecule has 11 heteroatoms. The Morgan fingerprint density at radius 2 is 1.97 bits per heavy atom. The standard InChI is InChI=1S/C20H16ClN7O3/c1-13-19(24-25-27(13)16-3-2-4-17(11-16)28(30)31)20(29)23-18-9-10-22-26(18)12-14-5-7-15(21)8-6-14/h2-11H,12H2,1H3,(H,23,29). The summed E-state index contributed by atoms with van der Waals surface area (Å²) in [4.78, 5) is 23.3. The van der Waals surface area contributed by atoms with Crippen LogP contribution in [0.1, 0.15) is 21.7 Å². The number of anilines is 1. The SMILES string of the molecule is Cc1c(C(=O)Nc2ccnn2Cc2ccc(Cl)cc2)nnn1-c1cccc([N+](=O)[O-])c1. The Morgan fingerprint density at radius 1 is 1.19 bits per heavy atom. The zero-order valence-electron chi connectivity index (χ0n) is 16.3. The summed E-state index contributed by atoms with van der Waals surface area (Å²) in [5.41, 5.74) is 1.87. The second kappa shape index (κ2) is 8.36. The highest BCUT2D eigenvalue weighted by atomic mass is 35.5. The minimum absolute atomic E-state index is 0.0792. The average molecular weight is 438 g/mol. The third kappa shape index (κ3) is 4.28. The van der Waals surface area contributed by atoms with E-state index in [2.05, 4.69) is 20.7 Å². The van der Waals surface area contributed by atoms with Gasteiger partial charge in [0.05, 0.1) is 29.0 Å². The highest BCUT2D eigenvalue weighted by molar-refractivity contribution is 6.30. The van der Waals surface area contributed by atoms with E-state index >= 15 is 0 Å². The van der Waals surface area contributed by atoms with Crippen LogP contribution in [0.2, 0.25) is 5.02 Å². The monoisotopic (exact) mass is 437 g/mol. The molecular formula is C20H16ClN7O3. The number of aromatic nitrogens is 5. The van der Waals surface area contributed by atoms with Crippen molar-refractivity contribution in [2.75, 3.05) is 5.32 Å². The van der Waals surface area contributed by atoms with Crippen LogP contribution >= 0.6 is 11.6 Å². The maximum Gasteiger partial charge on any atom is 0.279 e. The molecule has 2 heterocycles. The van der Waals surface area contributed by atoms with E-state index in [1.54, 1.807) is 48.1 Å². The molecule has 156 valence electrons. The lowest BCUT2D eigenvalue weighted by Crippen LogP contribution is -2.17. The number of amides is 1. The first-order valence-electron chi connectivity index (χ1n) is 9.17. The van der Waals surface area contributed by atoms with E-state index in [9.17, 15) is 14.9 Å². The maximum absolute atomic E-state index is 12.8. The van der Waals surface area contributed by atoms with Gasteiger partial charge >= 0.3 is 0 Å². The number of carbonyl (C=O) groups is 1. The summed E-state index contributed by atoms with van der Waals surface area (Å²) >= 11 is 5.92. The fraction of sp³-hybridized carbons (Fsp3) is 0.100. The number of halogens is 1. The van der Waals surface area contributed by atoms with Gasteiger partial charge in [0.1, 0.15) is 5.82 Å². The molecule has 4 aromatic rings. The Hall–Kier alpha value is -4.05. The summed E-state index contributed by atoms with van der Waals surface area (Å²) in [6.07, 6.45) is 1.58. The average Bonchev–Trinajstić information content (AvgIpc) is 3.36. The molecule has 0 aliphatic rings. The van der Waals surface area contributed by atoms with E-state index < -0.39 is 10.8 Å². The Bertz CT molecular complexity index is 1260. The number of nitrogens with one attached hydrogen (secondary N) is 1. The molecular weight excluding hydrogens is 422 g/mol. The number of nitrogens with zero attached hydrogens (tertiary/aromatic N) is 6. The summed E-state index contributed by atoms with van der Waals surface area (Å²) in [5.74, 6) is 0.0243. The van der Waals surface area contributed by atoms with Crippen molar-refractivity contribution in [2.24, 2.45) is 0 Å². The number of non-ortho nitro benzene ring substituents is 1. The molecule has 1 N–H and O–H groups in total. The number of hydrogen-bond donors (Lipinski definition) is 1. The van der Waals surface area contributed by atoms with Gasteiger partial charge in [-0.15, -0.1) is 5.10 Å². The van der Waals surface area contributed by atoms with Gasteiger partial charge in [-0.1, -0.05) is 35.0 Å². The van der Waals surface area contributed by atoms with E-state index in [0.717, 1.165) is 5.56 Å². The minimum Gasteiger partial charge on any atom is -0.305 e.